The van der Waals surface area contributed by atoms with Gasteiger partial charge in [-0.1, -0.05) is 0 Å². The molecule has 0 bridgehead atoms. The molecule has 0 saturated carbocycles. The van der Waals surface area contributed by atoms with Crippen molar-refractivity contribution in [2.75, 3.05) is 26.4 Å². The smallest absolute Gasteiger partial charge is 0.272 e. The monoisotopic (exact) mass is 240 g/mol. The van der Waals surface area contributed by atoms with Crippen molar-refractivity contribution in [3.8, 4) is 0 Å². The summed E-state index contributed by atoms with van der Waals surface area (Å²) in [6.07, 6.45) is 0. The Morgan fingerprint density at radius 2 is 2.12 bits per heavy atom. The van der Waals surface area contributed by atoms with Crippen LogP contribution in [0.25, 0.3) is 0 Å². The maximum absolute atomic E-state index is 10.6. The minimum atomic E-state index is -0.344. The lowest BCUT2D eigenvalue weighted by Gasteiger charge is -2.08. The fourth-order valence-corrected chi connectivity index (χ4v) is 2.39. The molecule has 0 heterocycles. The van der Waals surface area contributed by atoms with E-state index in [1.54, 1.807) is 24.8 Å². The molecule has 0 N–H and O–H groups in total. The van der Waals surface area contributed by atoms with Crippen molar-refractivity contribution in [2.45, 2.75) is 11.8 Å². The van der Waals surface area contributed by atoms with Gasteiger partial charge in [-0.15, -0.1) is 11.8 Å². The summed E-state index contributed by atoms with van der Waals surface area (Å²) in [5.41, 5.74) is 0.914. The van der Waals surface area contributed by atoms with Crippen molar-refractivity contribution < 1.29 is 4.92 Å². The Bertz CT molecular complexity index is 380. The predicted octanol–water partition coefficient (Wildman–Crippen LogP) is 2.56. The third-order valence-corrected chi connectivity index (χ3v) is 3.15. The number of nitro benzene ring substituents is 1. The fourth-order valence-electron chi connectivity index (χ4n) is 1.27. The van der Waals surface area contributed by atoms with Gasteiger partial charge in [0.25, 0.3) is 5.69 Å². The minimum Gasteiger partial charge on any atom is -0.309 e. The molecule has 0 saturated heterocycles. The van der Waals surface area contributed by atoms with Crippen LogP contribution in [0.3, 0.4) is 0 Å². The third kappa shape index (κ3) is 3.83. The molecule has 0 aliphatic heterocycles. The molecule has 1 aromatic rings. The lowest BCUT2D eigenvalue weighted by Crippen LogP contribution is -2.14. The van der Waals surface area contributed by atoms with E-state index < -0.39 is 0 Å². The van der Waals surface area contributed by atoms with Crippen LogP contribution in [0, 0.1) is 17.0 Å². The molecule has 1 rings (SSSR count). The summed E-state index contributed by atoms with van der Waals surface area (Å²) in [7, 11) is 4.06. The predicted molar refractivity (Wildman–Crippen MR) is 67.1 cm³/mol. The number of hydrogen-bond acceptors (Lipinski definition) is 4. The van der Waals surface area contributed by atoms with E-state index in [4.69, 9.17) is 0 Å². The molecule has 0 radical (unpaired) electrons. The Kier molecular flexibility index (Phi) is 4.76. The number of nitrogens with zero attached hydrogens (tertiary/aromatic N) is 2. The SMILES string of the molecule is Cc1cc(SCCN(C)C)ccc1[N+](=O)[O-]. The minimum absolute atomic E-state index is 0.192. The standard InChI is InChI=1S/C11H16N2O2S/c1-9-8-10(16-7-6-12(2)3)4-5-11(9)13(14)15/h4-5,8H,6-7H2,1-3H3. The van der Waals surface area contributed by atoms with Gasteiger partial charge in [0.1, 0.15) is 0 Å². The van der Waals surface area contributed by atoms with E-state index in [0.29, 0.717) is 0 Å². The van der Waals surface area contributed by atoms with Crippen LogP contribution in [-0.4, -0.2) is 36.2 Å². The summed E-state index contributed by atoms with van der Waals surface area (Å²) >= 11 is 1.72. The lowest BCUT2D eigenvalue weighted by molar-refractivity contribution is -0.385. The lowest BCUT2D eigenvalue weighted by atomic mass is 10.2. The van der Waals surface area contributed by atoms with Gasteiger partial charge in [0, 0.05) is 28.8 Å². The van der Waals surface area contributed by atoms with Crippen LogP contribution in [0.2, 0.25) is 0 Å². The second-order valence-corrected chi connectivity index (χ2v) is 5.03. The Morgan fingerprint density at radius 3 is 2.62 bits per heavy atom. The molecule has 88 valence electrons. The van der Waals surface area contributed by atoms with Crippen molar-refractivity contribution >= 4 is 17.4 Å². The molecule has 1 aromatic carbocycles. The van der Waals surface area contributed by atoms with Gasteiger partial charge in [0.15, 0.2) is 0 Å². The highest BCUT2D eigenvalue weighted by molar-refractivity contribution is 7.99. The van der Waals surface area contributed by atoms with Gasteiger partial charge < -0.3 is 4.90 Å². The van der Waals surface area contributed by atoms with Crippen LogP contribution in [0.4, 0.5) is 5.69 Å². The first-order valence-corrected chi connectivity index (χ1v) is 6.02. The second-order valence-electron chi connectivity index (χ2n) is 3.86. The van der Waals surface area contributed by atoms with Gasteiger partial charge in [0.05, 0.1) is 4.92 Å². The van der Waals surface area contributed by atoms with E-state index in [2.05, 4.69) is 4.90 Å². The molecule has 0 spiro atoms. The molecule has 0 atom stereocenters. The zero-order chi connectivity index (χ0) is 12.1. The summed E-state index contributed by atoms with van der Waals surface area (Å²) in [5.74, 6) is 0.990. The van der Waals surface area contributed by atoms with Crippen molar-refractivity contribution in [3.05, 3.63) is 33.9 Å². The first-order valence-electron chi connectivity index (χ1n) is 5.03. The molecule has 16 heavy (non-hydrogen) atoms. The molecule has 4 nitrogen and oxygen atoms in total. The van der Waals surface area contributed by atoms with Crippen LogP contribution >= 0.6 is 11.8 Å². The van der Waals surface area contributed by atoms with Crippen LogP contribution in [-0.2, 0) is 0 Å². The summed E-state index contributed by atoms with van der Waals surface area (Å²) in [6.45, 7) is 2.77. The van der Waals surface area contributed by atoms with Gasteiger partial charge >= 0.3 is 0 Å². The van der Waals surface area contributed by atoms with E-state index in [9.17, 15) is 10.1 Å². The van der Waals surface area contributed by atoms with E-state index in [1.807, 2.05) is 26.2 Å². The summed E-state index contributed by atoms with van der Waals surface area (Å²) < 4.78 is 0. The van der Waals surface area contributed by atoms with Crippen molar-refractivity contribution in [1.82, 2.24) is 4.90 Å². The normalized spacial score (nSPS) is 10.8. The van der Waals surface area contributed by atoms with Gasteiger partial charge in [-0.3, -0.25) is 10.1 Å². The molecular formula is C11H16N2O2S. The highest BCUT2D eigenvalue weighted by Gasteiger charge is 2.09. The number of nitro groups is 1. The van der Waals surface area contributed by atoms with Crippen molar-refractivity contribution in [2.24, 2.45) is 0 Å². The average molecular weight is 240 g/mol. The zero-order valence-electron chi connectivity index (χ0n) is 9.77. The molecule has 0 aliphatic carbocycles. The van der Waals surface area contributed by atoms with Gasteiger partial charge in [0.2, 0.25) is 0 Å². The first-order chi connectivity index (χ1) is 7.50. The summed E-state index contributed by atoms with van der Waals surface area (Å²) in [4.78, 5) is 13.5. The van der Waals surface area contributed by atoms with Crippen molar-refractivity contribution in [3.63, 3.8) is 0 Å². The van der Waals surface area contributed by atoms with Crippen LogP contribution in [0.1, 0.15) is 5.56 Å². The number of aryl methyl sites for hydroxylation is 1. The molecule has 0 amide bonds. The highest BCUT2D eigenvalue weighted by Crippen LogP contribution is 2.25. The van der Waals surface area contributed by atoms with Crippen LogP contribution < -0.4 is 0 Å². The fraction of sp³-hybridized carbons (Fsp3) is 0.455. The molecule has 0 aromatic heterocycles. The Labute approximate surface area is 99.8 Å². The third-order valence-electron chi connectivity index (χ3n) is 2.17. The van der Waals surface area contributed by atoms with Crippen LogP contribution in [0.5, 0.6) is 0 Å². The Morgan fingerprint density at radius 1 is 1.44 bits per heavy atom. The van der Waals surface area contributed by atoms with E-state index in [0.717, 1.165) is 22.8 Å². The molecule has 0 unspecified atom stereocenters. The van der Waals surface area contributed by atoms with Gasteiger partial charge in [-0.2, -0.15) is 0 Å². The molecule has 5 heteroatoms. The molecular weight excluding hydrogens is 224 g/mol. The van der Waals surface area contributed by atoms with E-state index in [-0.39, 0.29) is 10.6 Å². The first kappa shape index (κ1) is 13.0. The Hall–Kier alpha value is -1.07. The summed E-state index contributed by atoms with van der Waals surface area (Å²) in [6, 6.07) is 5.26. The topological polar surface area (TPSA) is 46.4 Å². The Balaban J connectivity index is 2.63. The maximum Gasteiger partial charge on any atom is 0.272 e. The van der Waals surface area contributed by atoms with Crippen LogP contribution in [0.15, 0.2) is 23.1 Å². The zero-order valence-corrected chi connectivity index (χ0v) is 10.6. The summed E-state index contributed by atoms with van der Waals surface area (Å²) in [5, 5.41) is 10.6. The molecule has 0 fully saturated rings. The van der Waals surface area contributed by atoms with Gasteiger partial charge in [-0.05, 0) is 33.2 Å². The number of benzene rings is 1. The second kappa shape index (κ2) is 5.86. The number of rotatable bonds is 5. The molecule has 0 aliphatic rings. The largest absolute Gasteiger partial charge is 0.309 e. The van der Waals surface area contributed by atoms with Gasteiger partial charge in [-0.25, -0.2) is 0 Å². The van der Waals surface area contributed by atoms with E-state index >= 15 is 0 Å². The van der Waals surface area contributed by atoms with Crippen molar-refractivity contribution in [1.29, 1.82) is 0 Å². The highest BCUT2D eigenvalue weighted by atomic mass is 32.2. The number of hydrogen-bond donors (Lipinski definition) is 0. The average Bonchev–Trinajstić information content (AvgIpc) is 2.16. The number of thioether (sulfide) groups is 1. The van der Waals surface area contributed by atoms with E-state index in [1.165, 1.54) is 0 Å². The maximum atomic E-state index is 10.6. The quantitative estimate of drug-likeness (QED) is 0.451.